The second kappa shape index (κ2) is 11.0. The van der Waals surface area contributed by atoms with Crippen molar-refractivity contribution in [2.24, 2.45) is 0 Å². The van der Waals surface area contributed by atoms with Crippen molar-refractivity contribution in [2.45, 2.75) is 12.5 Å². The Kier molecular flexibility index (Phi) is 7.29. The summed E-state index contributed by atoms with van der Waals surface area (Å²) >= 11 is 6.36. The number of aromatic nitrogens is 1. The van der Waals surface area contributed by atoms with Crippen molar-refractivity contribution in [1.29, 1.82) is 0 Å². The highest BCUT2D eigenvalue weighted by Gasteiger charge is 2.27. The van der Waals surface area contributed by atoms with Gasteiger partial charge in [-0.05, 0) is 54.6 Å². The molecule has 0 spiro atoms. The van der Waals surface area contributed by atoms with Crippen molar-refractivity contribution in [3.05, 3.63) is 101 Å². The average Bonchev–Trinajstić information content (AvgIpc) is 2.90. The second-order valence-electron chi connectivity index (χ2n) is 8.44. The molecule has 1 aliphatic rings. The molecule has 2 heterocycles. The highest BCUT2D eigenvalue weighted by Crippen LogP contribution is 2.42. The lowest BCUT2D eigenvalue weighted by Crippen LogP contribution is -2.18. The number of pyridine rings is 1. The van der Waals surface area contributed by atoms with Crippen LogP contribution < -0.4 is 14.8 Å². The highest BCUT2D eigenvalue weighted by atomic mass is 35.5. The first kappa shape index (κ1) is 25.9. The number of rotatable bonds is 6. The molecule has 3 aromatic carbocycles. The van der Waals surface area contributed by atoms with Gasteiger partial charge in [-0.1, -0.05) is 17.7 Å². The van der Waals surface area contributed by atoms with Crippen LogP contribution in [-0.2, 0) is 4.74 Å². The summed E-state index contributed by atoms with van der Waals surface area (Å²) in [6.45, 7) is 0.270. The number of nitrogens with one attached hydrogen (secondary N) is 1. The summed E-state index contributed by atoms with van der Waals surface area (Å²) < 4.78 is 43.8. The number of fused-ring (bicyclic) bond motifs is 1. The maximum absolute atomic E-state index is 14.1. The molecule has 0 saturated carbocycles. The van der Waals surface area contributed by atoms with Crippen molar-refractivity contribution < 1.29 is 37.7 Å². The fraction of sp³-hybridized carbons (Fsp3) is 0.107. The number of halogens is 3. The SMILES string of the molecule is O=C(O)OC1CCOc2cc(Oc3ccc(C(=O)Nc4cccc(-c5ccc(F)cc5F)n4)cc3)c(Cl)cc21. The first-order valence-corrected chi connectivity index (χ1v) is 12.0. The third-order valence-corrected chi connectivity index (χ3v) is 6.13. The molecule has 39 heavy (non-hydrogen) atoms. The molecule has 2 N–H and O–H groups in total. The van der Waals surface area contributed by atoms with Gasteiger partial charge in [0.05, 0.1) is 17.3 Å². The molecule has 0 saturated heterocycles. The second-order valence-corrected chi connectivity index (χ2v) is 8.85. The van der Waals surface area contributed by atoms with Crippen LogP contribution in [0.3, 0.4) is 0 Å². The van der Waals surface area contributed by atoms with E-state index >= 15 is 0 Å². The third-order valence-electron chi connectivity index (χ3n) is 5.83. The number of amides is 1. The molecule has 1 atom stereocenters. The molecule has 0 aliphatic carbocycles. The number of carbonyl (C=O) groups is 2. The zero-order chi connectivity index (χ0) is 27.5. The number of carboxylic acid groups (broad SMARTS) is 1. The molecule has 0 radical (unpaired) electrons. The molecular weight excluding hydrogens is 534 g/mol. The van der Waals surface area contributed by atoms with Gasteiger partial charge in [-0.25, -0.2) is 18.6 Å². The summed E-state index contributed by atoms with van der Waals surface area (Å²) in [5, 5.41) is 11.8. The zero-order valence-electron chi connectivity index (χ0n) is 20.0. The van der Waals surface area contributed by atoms with Crippen LogP contribution in [0.1, 0.15) is 28.4 Å². The first-order valence-electron chi connectivity index (χ1n) is 11.6. The monoisotopic (exact) mass is 552 g/mol. The minimum atomic E-state index is -1.39. The van der Waals surface area contributed by atoms with Crippen LogP contribution in [-0.4, -0.2) is 28.8 Å². The predicted octanol–water partition coefficient (Wildman–Crippen LogP) is 7.24. The van der Waals surface area contributed by atoms with Crippen LogP contribution in [0.25, 0.3) is 11.3 Å². The molecule has 5 rings (SSSR count). The Morgan fingerprint density at radius 3 is 2.59 bits per heavy atom. The van der Waals surface area contributed by atoms with E-state index in [0.717, 1.165) is 12.1 Å². The van der Waals surface area contributed by atoms with E-state index in [9.17, 15) is 18.4 Å². The lowest BCUT2D eigenvalue weighted by Gasteiger charge is -2.25. The van der Waals surface area contributed by atoms with Gasteiger partial charge < -0.3 is 24.6 Å². The van der Waals surface area contributed by atoms with Gasteiger partial charge in [-0.3, -0.25) is 4.79 Å². The van der Waals surface area contributed by atoms with Crippen LogP contribution in [0.5, 0.6) is 17.2 Å². The number of hydrogen-bond acceptors (Lipinski definition) is 6. The van der Waals surface area contributed by atoms with E-state index in [1.807, 2.05) is 0 Å². The number of carbonyl (C=O) groups excluding carboxylic acids is 1. The molecular formula is C28H19ClF2N2O6. The number of benzene rings is 3. The van der Waals surface area contributed by atoms with Gasteiger partial charge in [-0.2, -0.15) is 0 Å². The maximum Gasteiger partial charge on any atom is 0.506 e. The number of hydrogen-bond donors (Lipinski definition) is 2. The summed E-state index contributed by atoms with van der Waals surface area (Å²) in [7, 11) is 0. The highest BCUT2D eigenvalue weighted by molar-refractivity contribution is 6.32. The molecule has 1 unspecified atom stereocenters. The van der Waals surface area contributed by atoms with E-state index in [2.05, 4.69) is 10.3 Å². The van der Waals surface area contributed by atoms with Crippen molar-refractivity contribution in [3.8, 4) is 28.5 Å². The molecule has 1 amide bonds. The molecule has 0 bridgehead atoms. The Bertz CT molecular complexity index is 1560. The normalized spacial score (nSPS) is 14.1. The van der Waals surface area contributed by atoms with Gasteiger partial charge in [0, 0.05) is 35.2 Å². The first-order chi connectivity index (χ1) is 18.8. The van der Waals surface area contributed by atoms with E-state index in [1.165, 1.54) is 18.2 Å². The molecule has 11 heteroatoms. The summed E-state index contributed by atoms with van der Waals surface area (Å²) in [4.78, 5) is 28.0. The van der Waals surface area contributed by atoms with Crippen LogP contribution >= 0.6 is 11.6 Å². The standard InChI is InChI=1S/C28H19ClF2N2O6/c29-20-13-19-23(39-28(35)36)10-11-37-24(19)14-25(20)38-17-7-4-15(5-8-17)27(34)33-26-3-1-2-22(32-26)18-9-6-16(30)12-21(18)31/h1-9,12-14,23H,10-11H2,(H,35,36)(H,32,33,34). The van der Waals surface area contributed by atoms with Crippen molar-refractivity contribution >= 4 is 29.5 Å². The van der Waals surface area contributed by atoms with Crippen LogP contribution in [0.15, 0.2) is 72.8 Å². The maximum atomic E-state index is 14.1. The van der Waals surface area contributed by atoms with Crippen LogP contribution in [0, 0.1) is 11.6 Å². The Balaban J connectivity index is 1.28. The van der Waals surface area contributed by atoms with Gasteiger partial charge >= 0.3 is 6.16 Å². The lowest BCUT2D eigenvalue weighted by molar-refractivity contribution is 0.0326. The van der Waals surface area contributed by atoms with E-state index < -0.39 is 29.8 Å². The van der Waals surface area contributed by atoms with Crippen LogP contribution in [0.2, 0.25) is 5.02 Å². The van der Waals surface area contributed by atoms with Gasteiger partial charge in [0.25, 0.3) is 5.91 Å². The summed E-state index contributed by atoms with van der Waals surface area (Å²) in [5.74, 6) is -0.678. The molecule has 4 aromatic rings. The molecule has 198 valence electrons. The lowest BCUT2D eigenvalue weighted by atomic mass is 10.0. The Hall–Kier alpha value is -4.70. The van der Waals surface area contributed by atoms with Gasteiger partial charge in [0.2, 0.25) is 0 Å². The van der Waals surface area contributed by atoms with Gasteiger partial charge in [-0.15, -0.1) is 0 Å². The third kappa shape index (κ3) is 5.91. The van der Waals surface area contributed by atoms with Gasteiger partial charge in [0.15, 0.2) is 0 Å². The van der Waals surface area contributed by atoms with Crippen molar-refractivity contribution in [3.63, 3.8) is 0 Å². The summed E-state index contributed by atoms with van der Waals surface area (Å²) in [5.41, 5.74) is 1.15. The van der Waals surface area contributed by atoms with E-state index in [0.29, 0.717) is 29.0 Å². The fourth-order valence-corrected chi connectivity index (χ4v) is 4.23. The Morgan fingerprint density at radius 1 is 1.05 bits per heavy atom. The predicted molar refractivity (Wildman–Crippen MR) is 137 cm³/mol. The molecule has 8 nitrogen and oxygen atoms in total. The minimum absolute atomic E-state index is 0.102. The Labute approximate surface area is 225 Å². The van der Waals surface area contributed by atoms with E-state index in [1.54, 1.807) is 42.5 Å². The average molecular weight is 553 g/mol. The largest absolute Gasteiger partial charge is 0.506 e. The number of anilines is 1. The molecule has 1 aliphatic heterocycles. The Morgan fingerprint density at radius 2 is 1.85 bits per heavy atom. The molecule has 0 fully saturated rings. The van der Waals surface area contributed by atoms with Crippen LogP contribution in [0.4, 0.5) is 19.4 Å². The fourth-order valence-electron chi connectivity index (χ4n) is 4.02. The smallest absolute Gasteiger partial charge is 0.493 e. The van der Waals surface area contributed by atoms with E-state index in [4.69, 9.17) is 30.9 Å². The molecule has 1 aromatic heterocycles. The topological polar surface area (TPSA) is 107 Å². The minimum Gasteiger partial charge on any atom is -0.493 e. The summed E-state index contributed by atoms with van der Waals surface area (Å²) in [6.07, 6.45) is -1.72. The number of nitrogens with zero attached hydrogens (tertiary/aromatic N) is 1. The van der Waals surface area contributed by atoms with Crippen molar-refractivity contribution in [1.82, 2.24) is 4.98 Å². The van der Waals surface area contributed by atoms with E-state index in [-0.39, 0.29) is 34.5 Å². The zero-order valence-corrected chi connectivity index (χ0v) is 20.7. The quantitative estimate of drug-likeness (QED) is 0.243. The summed E-state index contributed by atoms with van der Waals surface area (Å²) in [6, 6.07) is 17.2. The number of ether oxygens (including phenoxy) is 3. The van der Waals surface area contributed by atoms with Crippen molar-refractivity contribution in [2.75, 3.05) is 11.9 Å². The van der Waals surface area contributed by atoms with Gasteiger partial charge in [0.1, 0.15) is 40.8 Å².